The fraction of sp³-hybridized carbons (Fsp3) is 0.538. The molecule has 0 spiro atoms. The molecule has 0 aliphatic carbocycles. The molecule has 1 aromatic carbocycles. The smallest absolute Gasteiger partial charge is 0.128 e. The number of aliphatic hydroxyl groups is 1. The highest BCUT2D eigenvalue weighted by Gasteiger charge is 2.28. The largest absolute Gasteiger partial charge is 0.394 e. The van der Waals surface area contributed by atoms with Crippen molar-refractivity contribution in [3.8, 4) is 0 Å². The molecule has 0 radical (unpaired) electrons. The second kappa shape index (κ2) is 6.61. The number of aliphatic hydroxyl groups excluding tert-OH is 1. The molecule has 0 aromatic heterocycles. The number of halogens is 2. The molecule has 0 aliphatic rings. The van der Waals surface area contributed by atoms with E-state index in [0.29, 0.717) is 12.1 Å². The molecule has 0 amide bonds. The van der Waals surface area contributed by atoms with Crippen LogP contribution < -0.4 is 5.32 Å². The molecule has 0 fully saturated rings. The van der Waals surface area contributed by atoms with Crippen LogP contribution >= 0.6 is 15.9 Å². The van der Waals surface area contributed by atoms with E-state index in [1.165, 1.54) is 6.07 Å². The van der Waals surface area contributed by atoms with Gasteiger partial charge in [-0.15, -0.1) is 0 Å². The Kier molecular flexibility index (Phi) is 5.72. The minimum Gasteiger partial charge on any atom is -0.394 e. The lowest BCUT2D eigenvalue weighted by Gasteiger charge is -2.30. The monoisotopic (exact) mass is 318 g/mol. The van der Waals surface area contributed by atoms with Gasteiger partial charge in [0, 0.05) is 23.1 Å². The maximum absolute atomic E-state index is 13.9. The molecule has 0 saturated heterocycles. The summed E-state index contributed by atoms with van der Waals surface area (Å²) in [5.41, 5.74) is -0.303. The zero-order valence-electron chi connectivity index (χ0n) is 11.0. The Morgan fingerprint density at radius 3 is 2.67 bits per heavy atom. The molecule has 0 aliphatic heterocycles. The highest BCUT2D eigenvalue weighted by molar-refractivity contribution is 9.10. The molecule has 2 N–H and O–H groups in total. The van der Waals surface area contributed by atoms with Crippen molar-refractivity contribution in [1.82, 2.24) is 10.2 Å². The molecule has 102 valence electrons. The fourth-order valence-electron chi connectivity index (χ4n) is 1.71. The first-order chi connectivity index (χ1) is 8.39. The molecular formula is C13H20BrFN2O. The number of benzene rings is 1. The van der Waals surface area contributed by atoms with E-state index in [-0.39, 0.29) is 12.4 Å². The highest BCUT2D eigenvalue weighted by Crippen LogP contribution is 2.26. The molecule has 0 bridgehead atoms. The third kappa shape index (κ3) is 4.02. The minimum atomic E-state index is -0.774. The van der Waals surface area contributed by atoms with Crippen LogP contribution in [0.5, 0.6) is 0 Å². The Labute approximate surface area is 116 Å². The standard InChI is InChI=1S/C13H20BrFN2O/c1-13(9-18,16-6-7-17(2)3)11-8-10(14)4-5-12(11)15/h4-5,8,16,18H,6-7,9H2,1-3H3. The Hall–Kier alpha value is -0.490. The van der Waals surface area contributed by atoms with Crippen LogP contribution in [0.1, 0.15) is 12.5 Å². The third-order valence-corrected chi connectivity index (χ3v) is 3.41. The fourth-order valence-corrected chi connectivity index (χ4v) is 2.07. The first-order valence-electron chi connectivity index (χ1n) is 5.85. The van der Waals surface area contributed by atoms with Crippen LogP contribution in [-0.4, -0.2) is 43.8 Å². The van der Waals surface area contributed by atoms with E-state index < -0.39 is 5.54 Å². The summed E-state index contributed by atoms with van der Waals surface area (Å²) in [5, 5.41) is 12.8. The lowest BCUT2D eigenvalue weighted by Crippen LogP contribution is -2.46. The van der Waals surface area contributed by atoms with Gasteiger partial charge in [0.05, 0.1) is 12.1 Å². The van der Waals surface area contributed by atoms with E-state index in [2.05, 4.69) is 21.2 Å². The van der Waals surface area contributed by atoms with E-state index in [1.54, 1.807) is 19.1 Å². The van der Waals surface area contributed by atoms with Crippen LogP contribution in [0.15, 0.2) is 22.7 Å². The van der Waals surface area contributed by atoms with Gasteiger partial charge >= 0.3 is 0 Å². The van der Waals surface area contributed by atoms with Gasteiger partial charge in [0.1, 0.15) is 5.82 Å². The van der Waals surface area contributed by atoms with Crippen LogP contribution in [0, 0.1) is 5.82 Å². The number of nitrogens with one attached hydrogen (secondary N) is 1. The maximum atomic E-state index is 13.9. The van der Waals surface area contributed by atoms with Gasteiger partial charge in [-0.3, -0.25) is 0 Å². The van der Waals surface area contributed by atoms with Crippen molar-refractivity contribution in [2.24, 2.45) is 0 Å². The van der Waals surface area contributed by atoms with E-state index >= 15 is 0 Å². The zero-order valence-corrected chi connectivity index (χ0v) is 12.6. The lowest BCUT2D eigenvalue weighted by molar-refractivity contribution is 0.168. The van der Waals surface area contributed by atoms with Gasteiger partial charge in [-0.2, -0.15) is 0 Å². The minimum absolute atomic E-state index is 0.159. The lowest BCUT2D eigenvalue weighted by atomic mass is 9.92. The highest BCUT2D eigenvalue weighted by atomic mass is 79.9. The van der Waals surface area contributed by atoms with Crippen molar-refractivity contribution in [1.29, 1.82) is 0 Å². The maximum Gasteiger partial charge on any atom is 0.128 e. The molecule has 1 atom stereocenters. The molecular weight excluding hydrogens is 299 g/mol. The van der Waals surface area contributed by atoms with Crippen molar-refractivity contribution >= 4 is 15.9 Å². The van der Waals surface area contributed by atoms with Gasteiger partial charge in [-0.1, -0.05) is 15.9 Å². The average molecular weight is 319 g/mol. The van der Waals surface area contributed by atoms with E-state index in [9.17, 15) is 9.50 Å². The number of likely N-dealkylation sites (N-methyl/N-ethyl adjacent to an activating group) is 1. The third-order valence-electron chi connectivity index (χ3n) is 2.91. The molecule has 3 nitrogen and oxygen atoms in total. The summed E-state index contributed by atoms with van der Waals surface area (Å²) < 4.78 is 14.7. The predicted molar refractivity (Wildman–Crippen MR) is 75.1 cm³/mol. The summed E-state index contributed by atoms with van der Waals surface area (Å²) in [5.74, 6) is -0.313. The zero-order chi connectivity index (χ0) is 13.8. The van der Waals surface area contributed by atoms with Crippen molar-refractivity contribution in [2.45, 2.75) is 12.5 Å². The second-order valence-corrected chi connectivity index (χ2v) is 5.76. The van der Waals surface area contributed by atoms with Gasteiger partial charge in [0.2, 0.25) is 0 Å². The van der Waals surface area contributed by atoms with Gasteiger partial charge in [0.25, 0.3) is 0 Å². The first kappa shape index (κ1) is 15.6. The van der Waals surface area contributed by atoms with Gasteiger partial charge in [-0.05, 0) is 39.2 Å². The Morgan fingerprint density at radius 1 is 1.44 bits per heavy atom. The van der Waals surface area contributed by atoms with Crippen molar-refractivity contribution in [2.75, 3.05) is 33.8 Å². The number of hydrogen-bond acceptors (Lipinski definition) is 3. The van der Waals surface area contributed by atoms with Crippen molar-refractivity contribution in [3.63, 3.8) is 0 Å². The Morgan fingerprint density at radius 2 is 2.11 bits per heavy atom. The van der Waals surface area contributed by atoms with Gasteiger partial charge in [-0.25, -0.2) is 4.39 Å². The molecule has 1 unspecified atom stereocenters. The normalized spacial score (nSPS) is 14.8. The Bertz CT molecular complexity index is 401. The summed E-state index contributed by atoms with van der Waals surface area (Å²) in [4.78, 5) is 2.03. The molecule has 18 heavy (non-hydrogen) atoms. The van der Waals surface area contributed by atoms with E-state index in [4.69, 9.17) is 0 Å². The molecule has 0 heterocycles. The number of hydrogen-bond donors (Lipinski definition) is 2. The predicted octanol–water partition coefficient (Wildman–Crippen LogP) is 1.95. The summed E-state index contributed by atoms with van der Waals surface area (Å²) in [7, 11) is 3.94. The quantitative estimate of drug-likeness (QED) is 0.841. The van der Waals surface area contributed by atoms with Crippen molar-refractivity contribution in [3.05, 3.63) is 34.1 Å². The van der Waals surface area contributed by atoms with Crippen LogP contribution in [0.2, 0.25) is 0 Å². The van der Waals surface area contributed by atoms with Crippen LogP contribution in [0.25, 0.3) is 0 Å². The number of rotatable bonds is 6. The molecule has 5 heteroatoms. The van der Waals surface area contributed by atoms with E-state index in [0.717, 1.165) is 11.0 Å². The molecule has 1 aromatic rings. The van der Waals surface area contributed by atoms with Crippen LogP contribution in [0.3, 0.4) is 0 Å². The summed E-state index contributed by atoms with van der Waals surface area (Å²) in [6, 6.07) is 4.76. The van der Waals surface area contributed by atoms with Crippen LogP contribution in [-0.2, 0) is 5.54 Å². The second-order valence-electron chi connectivity index (χ2n) is 4.84. The van der Waals surface area contributed by atoms with Gasteiger partial charge < -0.3 is 15.3 Å². The summed E-state index contributed by atoms with van der Waals surface area (Å²) in [6.45, 7) is 3.14. The van der Waals surface area contributed by atoms with Gasteiger partial charge in [0.15, 0.2) is 0 Å². The average Bonchev–Trinajstić information content (AvgIpc) is 2.31. The molecule has 0 saturated carbocycles. The Balaban J connectivity index is 2.88. The van der Waals surface area contributed by atoms with Crippen molar-refractivity contribution < 1.29 is 9.50 Å². The topological polar surface area (TPSA) is 35.5 Å². The molecule has 1 rings (SSSR count). The van der Waals surface area contributed by atoms with E-state index in [1.807, 2.05) is 19.0 Å². The summed E-state index contributed by atoms with van der Waals surface area (Å²) >= 11 is 3.33. The van der Waals surface area contributed by atoms with Crippen LogP contribution in [0.4, 0.5) is 4.39 Å². The first-order valence-corrected chi connectivity index (χ1v) is 6.64. The summed E-state index contributed by atoms with van der Waals surface area (Å²) in [6.07, 6.45) is 0. The SMILES string of the molecule is CN(C)CCNC(C)(CO)c1cc(Br)ccc1F. The number of nitrogens with zero attached hydrogens (tertiary/aromatic N) is 1.